The van der Waals surface area contributed by atoms with Gasteiger partial charge < -0.3 is 24.1 Å². The minimum atomic E-state index is -1.43. The molecule has 1 aliphatic heterocycles. The lowest BCUT2D eigenvalue weighted by atomic mass is 9.41. The molecule has 0 radical (unpaired) electrons. The highest BCUT2D eigenvalue weighted by atomic mass is 16.5. The van der Waals surface area contributed by atoms with Crippen LogP contribution >= 0.6 is 0 Å². The summed E-state index contributed by atoms with van der Waals surface area (Å²) >= 11 is 0. The van der Waals surface area contributed by atoms with Gasteiger partial charge in [-0.25, -0.2) is 4.79 Å². The summed E-state index contributed by atoms with van der Waals surface area (Å²) in [5, 5.41) is 22.7. The number of fused-ring (bicyclic) bond motifs is 4. The number of ketones is 1. The third-order valence-electron chi connectivity index (χ3n) is 9.27. The molecule has 7 nitrogen and oxygen atoms in total. The highest BCUT2D eigenvalue weighted by Crippen LogP contribution is 2.65. The molecule has 182 valence electrons. The van der Waals surface area contributed by atoms with Crippen molar-refractivity contribution < 1.29 is 28.9 Å². The molecule has 0 bridgehead atoms. The van der Waals surface area contributed by atoms with Crippen molar-refractivity contribution in [2.24, 2.45) is 16.7 Å². The summed E-state index contributed by atoms with van der Waals surface area (Å²) in [6.07, 6.45) is 0.0970. The number of aliphatic hydroxyl groups excluding tert-OH is 1. The molecule has 2 saturated carbocycles. The van der Waals surface area contributed by atoms with Gasteiger partial charge in [-0.2, -0.15) is 0 Å². The van der Waals surface area contributed by atoms with E-state index < -0.39 is 39.7 Å². The van der Waals surface area contributed by atoms with Crippen LogP contribution in [0.3, 0.4) is 0 Å². The van der Waals surface area contributed by atoms with E-state index >= 15 is 0 Å². The van der Waals surface area contributed by atoms with E-state index in [0.717, 1.165) is 5.56 Å². The van der Waals surface area contributed by atoms with Crippen LogP contribution in [0.15, 0.2) is 39.5 Å². The summed E-state index contributed by atoms with van der Waals surface area (Å²) in [6, 6.07) is 8.94. The number of benzene rings is 1. The third kappa shape index (κ3) is 2.83. The molecule has 0 spiro atoms. The van der Waals surface area contributed by atoms with E-state index in [9.17, 15) is 19.8 Å². The molecule has 0 saturated heterocycles. The van der Waals surface area contributed by atoms with Crippen LogP contribution in [0.5, 0.6) is 11.5 Å². The van der Waals surface area contributed by atoms with Crippen LogP contribution in [0.2, 0.25) is 0 Å². The molecule has 2 aliphatic carbocycles. The van der Waals surface area contributed by atoms with Crippen molar-refractivity contribution in [1.29, 1.82) is 0 Å². The second kappa shape index (κ2) is 7.18. The number of hydrogen-bond donors (Lipinski definition) is 2. The Morgan fingerprint density at radius 1 is 1.03 bits per heavy atom. The second-order valence-corrected chi connectivity index (χ2v) is 11.1. The number of rotatable bonds is 2. The molecule has 1 aromatic heterocycles. The fraction of sp³-hybridized carbons (Fsp3) is 0.556. The van der Waals surface area contributed by atoms with Crippen LogP contribution in [-0.2, 0) is 11.2 Å². The normalized spacial score (nSPS) is 36.0. The number of carbonyl (C=O) groups excluding carboxylic acids is 1. The molecule has 7 heteroatoms. The zero-order chi connectivity index (χ0) is 24.7. The monoisotopic (exact) mass is 468 g/mol. The molecule has 5 atom stereocenters. The molecule has 2 aromatic rings. The first kappa shape index (κ1) is 23.1. The Morgan fingerprint density at radius 2 is 1.71 bits per heavy atom. The predicted octanol–water partition coefficient (Wildman–Crippen LogP) is 3.52. The molecule has 1 aromatic carbocycles. The summed E-state index contributed by atoms with van der Waals surface area (Å²) in [5.41, 5.74) is -3.66. The van der Waals surface area contributed by atoms with Gasteiger partial charge in [0.15, 0.2) is 0 Å². The maximum Gasteiger partial charge on any atom is 0.343 e. The second-order valence-electron chi connectivity index (χ2n) is 11.1. The van der Waals surface area contributed by atoms with Crippen molar-refractivity contribution in [2.75, 3.05) is 7.11 Å². The Labute approximate surface area is 198 Å². The van der Waals surface area contributed by atoms with Crippen molar-refractivity contribution in [3.8, 4) is 22.8 Å². The molecular weight excluding hydrogens is 436 g/mol. The van der Waals surface area contributed by atoms with E-state index in [-0.39, 0.29) is 18.6 Å². The molecule has 2 fully saturated rings. The fourth-order valence-corrected chi connectivity index (χ4v) is 6.76. The number of ether oxygens (including phenoxy) is 2. The SMILES string of the molecule is COc1ccc(-c2cc3c(c(=O)o2)C[C@H]2[C@@](C)(CC[C@@]4(O)C(C)(C)[C@@H](O)CC(=O)[C@]24C)O3)cc1. The molecule has 2 heterocycles. The van der Waals surface area contributed by atoms with Gasteiger partial charge in [0.1, 0.15) is 28.6 Å². The third-order valence-corrected chi connectivity index (χ3v) is 9.27. The van der Waals surface area contributed by atoms with Crippen LogP contribution in [0.1, 0.15) is 52.5 Å². The minimum Gasteiger partial charge on any atom is -0.497 e. The van der Waals surface area contributed by atoms with E-state index in [1.54, 1.807) is 32.2 Å². The van der Waals surface area contributed by atoms with Crippen molar-refractivity contribution in [3.63, 3.8) is 0 Å². The van der Waals surface area contributed by atoms with Gasteiger partial charge in [-0.15, -0.1) is 0 Å². The minimum absolute atomic E-state index is 0.0315. The summed E-state index contributed by atoms with van der Waals surface area (Å²) in [5.74, 6) is 0.912. The van der Waals surface area contributed by atoms with E-state index in [2.05, 4.69) is 0 Å². The van der Waals surface area contributed by atoms with Crippen molar-refractivity contribution in [2.45, 2.75) is 70.7 Å². The Hall–Kier alpha value is -2.64. The standard InChI is InChI=1S/C27H32O7/c1-24(2)21(28)14-22(29)26(4)20-12-17-19(34-25(20,3)10-11-27(24,26)31)13-18(33-23(17)30)15-6-8-16(32-5)9-7-15/h6-9,13,20-21,28,31H,10-12,14H2,1-5H3/t20-,21-,25+,26-,27+/m0/s1. The van der Waals surface area contributed by atoms with Gasteiger partial charge in [0.2, 0.25) is 0 Å². The summed E-state index contributed by atoms with van der Waals surface area (Å²) in [4.78, 5) is 26.6. The predicted molar refractivity (Wildman–Crippen MR) is 125 cm³/mol. The first-order valence-corrected chi connectivity index (χ1v) is 11.8. The number of methoxy groups -OCH3 is 1. The van der Waals surface area contributed by atoms with Crippen LogP contribution in [0.25, 0.3) is 11.3 Å². The average Bonchev–Trinajstić information content (AvgIpc) is 2.80. The van der Waals surface area contributed by atoms with Crippen molar-refractivity contribution >= 4 is 5.78 Å². The van der Waals surface area contributed by atoms with Gasteiger partial charge in [0, 0.05) is 29.4 Å². The number of hydrogen-bond acceptors (Lipinski definition) is 7. The van der Waals surface area contributed by atoms with Crippen molar-refractivity contribution in [3.05, 3.63) is 46.3 Å². The van der Waals surface area contributed by atoms with Crippen LogP contribution in [-0.4, -0.2) is 40.4 Å². The van der Waals surface area contributed by atoms with Gasteiger partial charge in [0.25, 0.3) is 0 Å². The molecule has 0 amide bonds. The molecule has 3 aliphatic rings. The average molecular weight is 469 g/mol. The van der Waals surface area contributed by atoms with Crippen LogP contribution in [0.4, 0.5) is 0 Å². The summed E-state index contributed by atoms with van der Waals surface area (Å²) in [6.45, 7) is 7.38. The first-order chi connectivity index (χ1) is 15.9. The van der Waals surface area contributed by atoms with Gasteiger partial charge in [-0.05, 0) is 57.4 Å². The smallest absolute Gasteiger partial charge is 0.343 e. The molecule has 34 heavy (non-hydrogen) atoms. The van der Waals surface area contributed by atoms with Gasteiger partial charge in [0.05, 0.1) is 29.8 Å². The molecule has 2 N–H and O–H groups in total. The maximum absolute atomic E-state index is 13.5. The van der Waals surface area contributed by atoms with E-state index in [4.69, 9.17) is 13.9 Å². The first-order valence-electron chi connectivity index (χ1n) is 11.8. The van der Waals surface area contributed by atoms with Crippen LogP contribution in [0, 0.1) is 16.7 Å². The maximum atomic E-state index is 13.5. The lowest BCUT2D eigenvalue weighted by Gasteiger charge is -2.66. The van der Waals surface area contributed by atoms with Gasteiger partial charge in [-0.1, -0.05) is 13.8 Å². The van der Waals surface area contributed by atoms with Crippen molar-refractivity contribution in [1.82, 2.24) is 0 Å². The van der Waals surface area contributed by atoms with Crippen LogP contribution < -0.4 is 15.1 Å². The van der Waals surface area contributed by atoms with Gasteiger partial charge in [-0.3, -0.25) is 4.79 Å². The Balaban J connectivity index is 1.60. The fourth-order valence-electron chi connectivity index (χ4n) is 6.76. The Morgan fingerprint density at radius 3 is 2.35 bits per heavy atom. The largest absolute Gasteiger partial charge is 0.497 e. The van der Waals surface area contributed by atoms with E-state index in [1.165, 1.54) is 0 Å². The molecular formula is C27H32O7. The van der Waals surface area contributed by atoms with E-state index in [1.807, 2.05) is 32.9 Å². The summed E-state index contributed by atoms with van der Waals surface area (Å²) in [7, 11) is 1.59. The zero-order valence-electron chi connectivity index (χ0n) is 20.3. The lowest BCUT2D eigenvalue weighted by molar-refractivity contribution is -0.269. The molecule has 0 unspecified atom stereocenters. The molecule has 5 rings (SSSR count). The van der Waals surface area contributed by atoms with Gasteiger partial charge >= 0.3 is 5.63 Å². The number of carbonyl (C=O) groups is 1. The number of Topliss-reactive ketones (excluding diaryl/α,β-unsaturated/α-hetero) is 1. The Kier molecular flexibility index (Phi) is 4.88. The Bertz CT molecular complexity index is 1210. The highest BCUT2D eigenvalue weighted by Gasteiger charge is 2.73. The lowest BCUT2D eigenvalue weighted by Crippen LogP contribution is -2.76. The topological polar surface area (TPSA) is 106 Å². The summed E-state index contributed by atoms with van der Waals surface area (Å²) < 4.78 is 17.4. The van der Waals surface area contributed by atoms with E-state index in [0.29, 0.717) is 35.7 Å². The zero-order valence-corrected chi connectivity index (χ0v) is 20.3. The highest BCUT2D eigenvalue weighted by molar-refractivity contribution is 5.88. The quantitative estimate of drug-likeness (QED) is 0.695. The number of aliphatic hydroxyl groups is 2.